The van der Waals surface area contributed by atoms with Crippen LogP contribution in [0.15, 0.2) is 47.4 Å². The van der Waals surface area contributed by atoms with Gasteiger partial charge >= 0.3 is 5.97 Å². The smallest absolute Gasteiger partial charge is 0.303 e. The van der Waals surface area contributed by atoms with E-state index in [-0.39, 0.29) is 29.7 Å². The molecule has 3 N–H and O–H groups in total. The quantitative estimate of drug-likeness (QED) is 0.546. The summed E-state index contributed by atoms with van der Waals surface area (Å²) in [4.78, 5) is 35.2. The van der Waals surface area contributed by atoms with Crippen molar-refractivity contribution in [3.05, 3.63) is 53.3 Å². The van der Waals surface area contributed by atoms with Crippen LogP contribution in [0, 0.1) is 5.82 Å². The Balaban J connectivity index is 1.88. The van der Waals surface area contributed by atoms with Crippen LogP contribution in [0.2, 0.25) is 5.02 Å². The SMILES string of the molecule is CC(Sc1ccc(NC(=O)CCC(=O)O)cc1)C(=O)Nc1ccc(F)c(Cl)c1. The Bertz CT molecular complexity index is 877. The predicted octanol–water partition coefficient (Wildman–Crippen LogP) is 4.40. The van der Waals surface area contributed by atoms with Crippen molar-refractivity contribution in [2.75, 3.05) is 10.6 Å². The van der Waals surface area contributed by atoms with Crippen LogP contribution < -0.4 is 10.6 Å². The lowest BCUT2D eigenvalue weighted by Crippen LogP contribution is -2.22. The third kappa shape index (κ3) is 6.86. The van der Waals surface area contributed by atoms with E-state index in [0.29, 0.717) is 11.4 Å². The molecule has 0 spiro atoms. The fourth-order valence-electron chi connectivity index (χ4n) is 2.14. The number of hydrogen-bond acceptors (Lipinski definition) is 4. The van der Waals surface area contributed by atoms with Crippen LogP contribution in [0.1, 0.15) is 19.8 Å². The van der Waals surface area contributed by atoms with E-state index in [1.54, 1.807) is 31.2 Å². The van der Waals surface area contributed by atoms with Crippen molar-refractivity contribution in [3.8, 4) is 0 Å². The minimum Gasteiger partial charge on any atom is -0.481 e. The maximum absolute atomic E-state index is 13.2. The summed E-state index contributed by atoms with van der Waals surface area (Å²) in [6.07, 6.45) is -0.331. The summed E-state index contributed by atoms with van der Waals surface area (Å²) in [6, 6.07) is 10.8. The van der Waals surface area contributed by atoms with Crippen LogP contribution in [0.4, 0.5) is 15.8 Å². The molecule has 148 valence electrons. The van der Waals surface area contributed by atoms with Crippen molar-refractivity contribution in [1.82, 2.24) is 0 Å². The number of thioether (sulfide) groups is 1. The van der Waals surface area contributed by atoms with E-state index < -0.39 is 17.0 Å². The average molecular weight is 425 g/mol. The number of nitrogens with one attached hydrogen (secondary N) is 2. The molecule has 2 aromatic rings. The first kappa shape index (κ1) is 21.7. The molecule has 2 amide bonds. The van der Waals surface area contributed by atoms with Gasteiger partial charge in [-0.25, -0.2) is 4.39 Å². The lowest BCUT2D eigenvalue weighted by molar-refractivity contribution is -0.138. The number of anilines is 2. The van der Waals surface area contributed by atoms with Gasteiger partial charge in [0.25, 0.3) is 0 Å². The first-order valence-corrected chi connectivity index (χ1v) is 9.54. The Hall–Kier alpha value is -2.58. The molecule has 0 aliphatic heterocycles. The molecule has 6 nitrogen and oxygen atoms in total. The highest BCUT2D eigenvalue weighted by molar-refractivity contribution is 8.00. The molecule has 0 saturated carbocycles. The number of carboxylic acids is 1. The van der Waals surface area contributed by atoms with Crippen LogP contribution in [-0.2, 0) is 14.4 Å². The van der Waals surface area contributed by atoms with E-state index in [9.17, 15) is 18.8 Å². The lowest BCUT2D eigenvalue weighted by Gasteiger charge is -2.13. The van der Waals surface area contributed by atoms with Gasteiger partial charge in [0.2, 0.25) is 11.8 Å². The van der Waals surface area contributed by atoms with E-state index in [4.69, 9.17) is 16.7 Å². The van der Waals surface area contributed by atoms with E-state index >= 15 is 0 Å². The third-order valence-electron chi connectivity index (χ3n) is 3.57. The van der Waals surface area contributed by atoms with Crippen molar-refractivity contribution >= 4 is 52.5 Å². The topological polar surface area (TPSA) is 95.5 Å². The number of carboxylic acid groups (broad SMARTS) is 1. The number of hydrogen-bond donors (Lipinski definition) is 3. The molecule has 0 bridgehead atoms. The van der Waals surface area contributed by atoms with E-state index in [1.807, 2.05) is 0 Å². The molecule has 0 aromatic heterocycles. The number of benzene rings is 2. The van der Waals surface area contributed by atoms with Gasteiger partial charge in [-0.3, -0.25) is 14.4 Å². The van der Waals surface area contributed by atoms with E-state index in [2.05, 4.69) is 10.6 Å². The molecule has 0 fully saturated rings. The van der Waals surface area contributed by atoms with Crippen LogP contribution >= 0.6 is 23.4 Å². The van der Waals surface area contributed by atoms with Gasteiger partial charge in [-0.05, 0) is 49.4 Å². The van der Waals surface area contributed by atoms with Gasteiger partial charge in [-0.15, -0.1) is 11.8 Å². The van der Waals surface area contributed by atoms with Crippen LogP contribution in [-0.4, -0.2) is 28.1 Å². The standard InChI is InChI=1S/C19H18ClFN2O4S/c1-11(19(27)23-13-4-7-16(21)15(20)10-13)28-14-5-2-12(3-6-14)22-17(24)8-9-18(25)26/h2-7,10-11H,8-9H2,1H3,(H,22,24)(H,23,27)(H,25,26). The molecule has 2 aromatic carbocycles. The van der Waals surface area contributed by atoms with Crippen molar-refractivity contribution in [1.29, 1.82) is 0 Å². The van der Waals surface area contributed by atoms with Crippen molar-refractivity contribution in [3.63, 3.8) is 0 Å². The molecule has 0 heterocycles. The number of carbonyl (C=O) groups is 3. The zero-order valence-corrected chi connectivity index (χ0v) is 16.4. The summed E-state index contributed by atoms with van der Waals surface area (Å²) in [5, 5.41) is 13.4. The van der Waals surface area contributed by atoms with Gasteiger partial charge in [0, 0.05) is 22.7 Å². The second-order valence-electron chi connectivity index (χ2n) is 5.84. The minimum atomic E-state index is -1.03. The Morgan fingerprint density at radius 2 is 1.71 bits per heavy atom. The van der Waals surface area contributed by atoms with E-state index in [1.165, 1.54) is 30.0 Å². The highest BCUT2D eigenvalue weighted by Crippen LogP contribution is 2.26. The first-order chi connectivity index (χ1) is 13.2. The summed E-state index contributed by atoms with van der Waals surface area (Å²) in [5.41, 5.74) is 0.945. The van der Waals surface area contributed by atoms with Gasteiger partial charge in [0.1, 0.15) is 5.82 Å². The number of amides is 2. The highest BCUT2D eigenvalue weighted by atomic mass is 35.5. The van der Waals surface area contributed by atoms with Gasteiger partial charge in [-0.2, -0.15) is 0 Å². The molecule has 1 atom stereocenters. The zero-order valence-electron chi connectivity index (χ0n) is 14.9. The third-order valence-corrected chi connectivity index (χ3v) is 4.97. The Morgan fingerprint density at radius 1 is 1.07 bits per heavy atom. The Labute approximate surface area is 170 Å². The van der Waals surface area contributed by atoms with Gasteiger partial charge < -0.3 is 15.7 Å². The van der Waals surface area contributed by atoms with Crippen molar-refractivity contribution in [2.24, 2.45) is 0 Å². The summed E-state index contributed by atoms with van der Waals surface area (Å²) in [5.74, 6) is -2.23. The molecule has 2 rings (SSSR count). The monoisotopic (exact) mass is 424 g/mol. The molecular formula is C19H18ClFN2O4S. The average Bonchev–Trinajstić information content (AvgIpc) is 2.64. The maximum Gasteiger partial charge on any atom is 0.303 e. The summed E-state index contributed by atoms with van der Waals surface area (Å²) in [6.45, 7) is 1.73. The number of rotatable bonds is 8. The van der Waals surface area contributed by atoms with Gasteiger partial charge in [0.15, 0.2) is 0 Å². The molecule has 0 saturated heterocycles. The summed E-state index contributed by atoms with van der Waals surface area (Å²) >= 11 is 7.01. The molecule has 0 radical (unpaired) electrons. The van der Waals surface area contributed by atoms with Gasteiger partial charge in [-0.1, -0.05) is 11.6 Å². The molecular weight excluding hydrogens is 407 g/mol. The van der Waals surface area contributed by atoms with E-state index in [0.717, 1.165) is 4.90 Å². The molecule has 9 heteroatoms. The second kappa shape index (κ2) is 10.1. The fourth-order valence-corrected chi connectivity index (χ4v) is 3.18. The molecule has 0 aliphatic carbocycles. The Morgan fingerprint density at radius 3 is 2.32 bits per heavy atom. The van der Waals surface area contributed by atoms with Crippen molar-refractivity contribution in [2.45, 2.75) is 29.9 Å². The largest absolute Gasteiger partial charge is 0.481 e. The normalized spacial score (nSPS) is 11.5. The summed E-state index contributed by atoms with van der Waals surface area (Å²) in [7, 11) is 0. The first-order valence-electron chi connectivity index (χ1n) is 8.29. The number of aliphatic carboxylic acids is 1. The van der Waals surface area contributed by atoms with Crippen LogP contribution in [0.3, 0.4) is 0 Å². The predicted molar refractivity (Wildman–Crippen MR) is 107 cm³/mol. The van der Waals surface area contributed by atoms with Crippen LogP contribution in [0.5, 0.6) is 0 Å². The maximum atomic E-state index is 13.2. The van der Waals surface area contributed by atoms with Crippen molar-refractivity contribution < 1.29 is 23.9 Å². The molecule has 0 aliphatic rings. The van der Waals surface area contributed by atoms with Crippen LogP contribution in [0.25, 0.3) is 0 Å². The Kier molecular flexibility index (Phi) is 7.83. The van der Waals surface area contributed by atoms with Gasteiger partial charge in [0.05, 0.1) is 16.7 Å². The number of carbonyl (C=O) groups excluding carboxylic acids is 2. The highest BCUT2D eigenvalue weighted by Gasteiger charge is 2.15. The minimum absolute atomic E-state index is 0.0703. The summed E-state index contributed by atoms with van der Waals surface area (Å²) < 4.78 is 13.2. The second-order valence-corrected chi connectivity index (χ2v) is 7.67. The molecule has 28 heavy (non-hydrogen) atoms. The zero-order chi connectivity index (χ0) is 20.7. The fraction of sp³-hybridized carbons (Fsp3) is 0.211. The molecule has 1 unspecified atom stereocenters. The lowest BCUT2D eigenvalue weighted by atomic mass is 10.2. The number of halogens is 2.